The van der Waals surface area contributed by atoms with Gasteiger partial charge in [0.2, 0.25) is 0 Å². The molecule has 7 nitrogen and oxygen atoms in total. The summed E-state index contributed by atoms with van der Waals surface area (Å²) in [6.07, 6.45) is 6.49. The van der Waals surface area contributed by atoms with Gasteiger partial charge in [0, 0.05) is 44.2 Å². The highest BCUT2D eigenvalue weighted by atomic mass is 127. The topological polar surface area (TPSA) is 78.4 Å². The van der Waals surface area contributed by atoms with Gasteiger partial charge < -0.3 is 25.2 Å². The number of aliphatic hydroxyl groups is 1. The molecule has 0 amide bonds. The van der Waals surface area contributed by atoms with E-state index in [1.807, 2.05) is 6.92 Å². The molecule has 170 valence electrons. The summed E-state index contributed by atoms with van der Waals surface area (Å²) in [6.45, 7) is 11.9. The number of halogens is 1. The van der Waals surface area contributed by atoms with Gasteiger partial charge in [-0.15, -0.1) is 24.0 Å². The van der Waals surface area contributed by atoms with Crippen LogP contribution in [0.4, 0.5) is 0 Å². The lowest BCUT2D eigenvalue weighted by atomic mass is 9.60. The van der Waals surface area contributed by atoms with Crippen molar-refractivity contribution in [2.75, 3.05) is 52.5 Å². The van der Waals surface area contributed by atoms with Crippen LogP contribution in [0.3, 0.4) is 0 Å². The van der Waals surface area contributed by atoms with Gasteiger partial charge in [-0.1, -0.05) is 12.8 Å². The van der Waals surface area contributed by atoms with Crippen LogP contribution >= 0.6 is 24.0 Å². The van der Waals surface area contributed by atoms with E-state index < -0.39 is 5.60 Å². The normalized spacial score (nSPS) is 29.0. The number of ether oxygens (including phenoxy) is 2. The van der Waals surface area contributed by atoms with Crippen molar-refractivity contribution in [3.8, 4) is 0 Å². The number of morpholine rings is 1. The maximum Gasteiger partial charge on any atom is 0.191 e. The molecule has 0 aromatic carbocycles. The van der Waals surface area contributed by atoms with Crippen LogP contribution in [-0.4, -0.2) is 86.3 Å². The Morgan fingerprint density at radius 1 is 1.28 bits per heavy atom. The van der Waals surface area contributed by atoms with E-state index in [4.69, 9.17) is 14.5 Å². The van der Waals surface area contributed by atoms with Crippen LogP contribution in [-0.2, 0) is 9.47 Å². The van der Waals surface area contributed by atoms with E-state index >= 15 is 0 Å². The maximum absolute atomic E-state index is 10.8. The Balaban J connectivity index is 0.00000300. The second kappa shape index (κ2) is 11.5. The van der Waals surface area contributed by atoms with E-state index in [1.165, 1.54) is 25.7 Å². The fourth-order valence-electron chi connectivity index (χ4n) is 5.11. The Morgan fingerprint density at radius 3 is 2.59 bits per heavy atom. The Hall–Kier alpha value is -0.160. The first kappa shape index (κ1) is 25.1. The summed E-state index contributed by atoms with van der Waals surface area (Å²) >= 11 is 0. The van der Waals surface area contributed by atoms with Crippen molar-refractivity contribution in [3.05, 3.63) is 0 Å². The highest BCUT2D eigenvalue weighted by Crippen LogP contribution is 2.54. The van der Waals surface area contributed by atoms with Crippen molar-refractivity contribution in [1.82, 2.24) is 15.5 Å². The molecule has 0 aromatic rings. The summed E-state index contributed by atoms with van der Waals surface area (Å²) in [5, 5.41) is 17.9. The smallest absolute Gasteiger partial charge is 0.191 e. The van der Waals surface area contributed by atoms with Crippen molar-refractivity contribution < 1.29 is 14.6 Å². The number of β-amino-alcohol motifs (C(OH)–C–C–N with tert-alkyl or cyclic N) is 1. The van der Waals surface area contributed by atoms with Gasteiger partial charge in [-0.2, -0.15) is 0 Å². The van der Waals surface area contributed by atoms with Crippen LogP contribution in [0, 0.1) is 5.41 Å². The summed E-state index contributed by atoms with van der Waals surface area (Å²) in [5.74, 6) is 0.816. The first-order valence-electron chi connectivity index (χ1n) is 11.2. The van der Waals surface area contributed by atoms with Gasteiger partial charge in [-0.05, 0) is 40.0 Å². The van der Waals surface area contributed by atoms with Crippen LogP contribution < -0.4 is 10.6 Å². The Labute approximate surface area is 193 Å². The molecule has 29 heavy (non-hydrogen) atoms. The van der Waals surface area contributed by atoms with E-state index in [0.717, 1.165) is 51.8 Å². The van der Waals surface area contributed by atoms with Crippen molar-refractivity contribution in [2.24, 2.45) is 10.4 Å². The molecule has 0 bridgehead atoms. The lowest BCUT2D eigenvalue weighted by Gasteiger charge is -2.54. The van der Waals surface area contributed by atoms with Crippen molar-refractivity contribution >= 4 is 29.9 Å². The largest absolute Gasteiger partial charge is 0.387 e. The molecule has 1 heterocycles. The number of hydrogen-bond acceptors (Lipinski definition) is 5. The van der Waals surface area contributed by atoms with E-state index in [0.29, 0.717) is 25.2 Å². The van der Waals surface area contributed by atoms with Gasteiger partial charge in [0.25, 0.3) is 0 Å². The summed E-state index contributed by atoms with van der Waals surface area (Å²) in [7, 11) is 0. The van der Waals surface area contributed by atoms with Gasteiger partial charge >= 0.3 is 0 Å². The van der Waals surface area contributed by atoms with Crippen LogP contribution in [0.1, 0.15) is 52.9 Å². The molecule has 1 saturated heterocycles. The molecule has 8 heteroatoms. The summed E-state index contributed by atoms with van der Waals surface area (Å²) in [5.41, 5.74) is -0.583. The van der Waals surface area contributed by atoms with Crippen molar-refractivity contribution in [1.29, 1.82) is 0 Å². The predicted octanol–water partition coefficient (Wildman–Crippen LogP) is 1.98. The molecule has 3 N–H and O–H groups in total. The zero-order valence-electron chi connectivity index (χ0n) is 18.4. The van der Waals surface area contributed by atoms with Gasteiger partial charge in [-0.3, -0.25) is 9.89 Å². The number of guanidine groups is 1. The fourth-order valence-corrected chi connectivity index (χ4v) is 5.11. The second-order valence-electron chi connectivity index (χ2n) is 8.90. The van der Waals surface area contributed by atoms with Gasteiger partial charge in [0.1, 0.15) is 0 Å². The molecule has 2 aliphatic carbocycles. The molecule has 1 aliphatic heterocycles. The molecule has 3 rings (SSSR count). The number of rotatable bonds is 8. The predicted molar refractivity (Wildman–Crippen MR) is 127 cm³/mol. The molecule has 2 saturated carbocycles. The van der Waals surface area contributed by atoms with Crippen LogP contribution in [0.25, 0.3) is 0 Å². The maximum atomic E-state index is 10.8. The quantitative estimate of drug-likeness (QED) is 0.256. The van der Waals surface area contributed by atoms with Crippen LogP contribution in [0.2, 0.25) is 0 Å². The highest BCUT2D eigenvalue weighted by molar-refractivity contribution is 14.0. The highest BCUT2D eigenvalue weighted by Gasteiger charge is 2.57. The SMILES string of the molecule is CCNC(=NCC(C)(O)CN1CCOCC1)NC1CC(OCC)C12CCCC2.I. The molecule has 3 unspecified atom stereocenters. The standard InChI is InChI=1S/C21H40N4O3.HI/c1-4-22-19(23-15-20(3,26)16-25-10-12-27-13-11-25)24-17-14-18(28-5-2)21(17)8-6-7-9-21;/h17-18,26H,4-16H2,1-3H3,(H2,22,23,24);1H. The molecular formula is C21H41IN4O3. The lowest BCUT2D eigenvalue weighted by Crippen LogP contribution is -2.65. The third-order valence-electron chi connectivity index (χ3n) is 6.59. The molecule has 0 radical (unpaired) electrons. The zero-order valence-corrected chi connectivity index (χ0v) is 20.7. The second-order valence-corrected chi connectivity index (χ2v) is 8.90. The Kier molecular flexibility index (Phi) is 9.92. The van der Waals surface area contributed by atoms with E-state index in [9.17, 15) is 5.11 Å². The molecule has 3 aliphatic rings. The molecule has 3 atom stereocenters. The zero-order chi connectivity index (χ0) is 20.0. The fraction of sp³-hybridized carbons (Fsp3) is 0.952. The van der Waals surface area contributed by atoms with E-state index in [2.05, 4.69) is 29.4 Å². The Bertz CT molecular complexity index is 520. The summed E-state index contributed by atoms with van der Waals surface area (Å²) < 4.78 is 11.4. The average molecular weight is 524 g/mol. The summed E-state index contributed by atoms with van der Waals surface area (Å²) in [4.78, 5) is 7.00. The van der Waals surface area contributed by atoms with Gasteiger partial charge in [0.05, 0.1) is 31.5 Å². The monoisotopic (exact) mass is 524 g/mol. The van der Waals surface area contributed by atoms with Gasteiger partial charge in [-0.25, -0.2) is 0 Å². The Morgan fingerprint density at radius 2 is 1.97 bits per heavy atom. The van der Waals surface area contributed by atoms with E-state index in [1.54, 1.807) is 0 Å². The minimum atomic E-state index is -0.849. The number of hydrogen-bond donors (Lipinski definition) is 3. The van der Waals surface area contributed by atoms with Gasteiger partial charge in [0.15, 0.2) is 5.96 Å². The molecule has 3 fully saturated rings. The third-order valence-corrected chi connectivity index (χ3v) is 6.59. The molecule has 1 spiro atoms. The third kappa shape index (κ3) is 6.41. The first-order chi connectivity index (χ1) is 13.5. The number of nitrogens with zero attached hydrogens (tertiary/aromatic N) is 2. The van der Waals surface area contributed by atoms with E-state index in [-0.39, 0.29) is 29.4 Å². The number of aliphatic imine (C=N–C) groups is 1. The van der Waals surface area contributed by atoms with Crippen LogP contribution in [0.15, 0.2) is 4.99 Å². The molecule has 0 aromatic heterocycles. The lowest BCUT2D eigenvalue weighted by molar-refractivity contribution is -0.125. The molecular weight excluding hydrogens is 483 g/mol. The average Bonchev–Trinajstić information content (AvgIpc) is 3.19. The van der Waals surface area contributed by atoms with Crippen LogP contribution in [0.5, 0.6) is 0 Å². The summed E-state index contributed by atoms with van der Waals surface area (Å²) in [6, 6.07) is 0.411. The van der Waals surface area contributed by atoms with Crippen molar-refractivity contribution in [3.63, 3.8) is 0 Å². The minimum Gasteiger partial charge on any atom is -0.387 e. The number of nitrogens with one attached hydrogen (secondary N) is 2. The first-order valence-corrected chi connectivity index (χ1v) is 11.2. The van der Waals surface area contributed by atoms with Crippen molar-refractivity contribution in [2.45, 2.75) is 70.6 Å². The minimum absolute atomic E-state index is 0.